The van der Waals surface area contributed by atoms with Gasteiger partial charge in [-0.25, -0.2) is 0 Å². The van der Waals surface area contributed by atoms with Gasteiger partial charge in [0, 0.05) is 33.9 Å². The zero-order valence-corrected chi connectivity index (χ0v) is 11.0. The van der Waals surface area contributed by atoms with Crippen LogP contribution in [0.2, 0.25) is 0 Å². The molecule has 0 atom stereocenters. The zero-order valence-electron chi connectivity index (χ0n) is 11.0. The molecule has 0 fully saturated rings. The molecule has 7 heteroatoms. The minimum atomic E-state index is -0.878. The third-order valence-electron chi connectivity index (χ3n) is 2.25. The number of nitrogens with zero attached hydrogens (tertiary/aromatic N) is 1. The number of carboxylic acid groups (broad SMARTS) is 1. The standard InChI is InChI=1S/C11H22N2O5/c1-17-7-4-12-10(14)9-13(6-8-18-2)5-3-11(15)16/h3-9H2,1-2H3,(H,12,14)(H,15,16). The van der Waals surface area contributed by atoms with Crippen molar-refractivity contribution < 1.29 is 24.2 Å². The molecule has 18 heavy (non-hydrogen) atoms. The second-order valence-corrected chi connectivity index (χ2v) is 3.76. The van der Waals surface area contributed by atoms with Crippen molar-refractivity contribution in [2.45, 2.75) is 6.42 Å². The van der Waals surface area contributed by atoms with Crippen LogP contribution >= 0.6 is 0 Å². The lowest BCUT2D eigenvalue weighted by Crippen LogP contribution is -2.40. The summed E-state index contributed by atoms with van der Waals surface area (Å²) < 4.78 is 9.73. The monoisotopic (exact) mass is 262 g/mol. The van der Waals surface area contributed by atoms with Gasteiger partial charge in [0.1, 0.15) is 0 Å². The first-order valence-corrected chi connectivity index (χ1v) is 5.79. The summed E-state index contributed by atoms with van der Waals surface area (Å²) >= 11 is 0. The summed E-state index contributed by atoms with van der Waals surface area (Å²) in [5.41, 5.74) is 0. The van der Waals surface area contributed by atoms with E-state index in [2.05, 4.69) is 5.32 Å². The fourth-order valence-corrected chi connectivity index (χ4v) is 1.30. The van der Waals surface area contributed by atoms with Gasteiger partial charge in [0.05, 0.1) is 26.2 Å². The number of ether oxygens (including phenoxy) is 2. The molecule has 0 spiro atoms. The molecule has 0 saturated heterocycles. The summed E-state index contributed by atoms with van der Waals surface area (Å²) in [6, 6.07) is 0. The Morgan fingerprint density at radius 3 is 2.39 bits per heavy atom. The average molecular weight is 262 g/mol. The van der Waals surface area contributed by atoms with E-state index in [-0.39, 0.29) is 18.9 Å². The lowest BCUT2D eigenvalue weighted by Gasteiger charge is -2.20. The fourth-order valence-electron chi connectivity index (χ4n) is 1.30. The second kappa shape index (κ2) is 10.9. The van der Waals surface area contributed by atoms with Gasteiger partial charge in [-0.15, -0.1) is 0 Å². The van der Waals surface area contributed by atoms with Gasteiger partial charge in [0.15, 0.2) is 0 Å². The lowest BCUT2D eigenvalue weighted by molar-refractivity contribution is -0.137. The Labute approximate surface area is 107 Å². The van der Waals surface area contributed by atoms with E-state index >= 15 is 0 Å². The molecule has 0 bridgehead atoms. The minimum Gasteiger partial charge on any atom is -0.481 e. The van der Waals surface area contributed by atoms with Gasteiger partial charge in [0.2, 0.25) is 5.91 Å². The maximum absolute atomic E-state index is 11.5. The van der Waals surface area contributed by atoms with E-state index in [9.17, 15) is 9.59 Å². The van der Waals surface area contributed by atoms with E-state index in [1.807, 2.05) is 0 Å². The molecule has 106 valence electrons. The number of carbonyl (C=O) groups excluding carboxylic acids is 1. The van der Waals surface area contributed by atoms with E-state index < -0.39 is 5.97 Å². The molecule has 2 N–H and O–H groups in total. The summed E-state index contributed by atoms with van der Waals surface area (Å²) in [6.07, 6.45) is 0.00899. The summed E-state index contributed by atoms with van der Waals surface area (Å²) in [4.78, 5) is 23.8. The number of amides is 1. The second-order valence-electron chi connectivity index (χ2n) is 3.76. The smallest absolute Gasteiger partial charge is 0.304 e. The Balaban J connectivity index is 3.96. The number of carbonyl (C=O) groups is 2. The van der Waals surface area contributed by atoms with Crippen molar-refractivity contribution in [3.8, 4) is 0 Å². The van der Waals surface area contributed by atoms with Crippen LogP contribution in [0.3, 0.4) is 0 Å². The molecule has 0 aromatic carbocycles. The quantitative estimate of drug-likeness (QED) is 0.473. The lowest BCUT2D eigenvalue weighted by atomic mass is 10.3. The molecule has 0 saturated carbocycles. The van der Waals surface area contributed by atoms with Gasteiger partial charge in [0.25, 0.3) is 0 Å². The van der Waals surface area contributed by atoms with Crippen LogP contribution in [0.5, 0.6) is 0 Å². The van der Waals surface area contributed by atoms with Crippen LogP contribution in [0.25, 0.3) is 0 Å². The highest BCUT2D eigenvalue weighted by Crippen LogP contribution is 1.92. The molecule has 0 aliphatic heterocycles. The molecular weight excluding hydrogens is 240 g/mol. The number of hydrogen-bond acceptors (Lipinski definition) is 5. The molecule has 0 unspecified atom stereocenters. The van der Waals surface area contributed by atoms with E-state index in [0.29, 0.717) is 32.8 Å². The van der Waals surface area contributed by atoms with Crippen molar-refractivity contribution in [1.82, 2.24) is 10.2 Å². The first-order valence-electron chi connectivity index (χ1n) is 5.79. The Kier molecular flexibility index (Phi) is 10.2. The number of aliphatic carboxylic acids is 1. The van der Waals surface area contributed by atoms with Crippen LogP contribution in [0.15, 0.2) is 0 Å². The van der Waals surface area contributed by atoms with Crippen molar-refractivity contribution in [2.24, 2.45) is 0 Å². The van der Waals surface area contributed by atoms with Crippen molar-refractivity contribution in [3.63, 3.8) is 0 Å². The van der Waals surface area contributed by atoms with Crippen LogP contribution in [-0.4, -0.2) is 75.5 Å². The molecular formula is C11H22N2O5. The van der Waals surface area contributed by atoms with Gasteiger partial charge in [-0.05, 0) is 0 Å². The molecule has 0 aliphatic rings. The molecule has 0 aromatic rings. The van der Waals surface area contributed by atoms with E-state index in [1.54, 1.807) is 19.1 Å². The van der Waals surface area contributed by atoms with Gasteiger partial charge in [-0.3, -0.25) is 14.5 Å². The molecule has 1 amide bonds. The highest BCUT2D eigenvalue weighted by atomic mass is 16.5. The van der Waals surface area contributed by atoms with Gasteiger partial charge < -0.3 is 19.9 Å². The van der Waals surface area contributed by atoms with E-state index in [4.69, 9.17) is 14.6 Å². The first kappa shape index (κ1) is 16.8. The number of nitrogens with one attached hydrogen (secondary N) is 1. The molecule has 0 rings (SSSR count). The largest absolute Gasteiger partial charge is 0.481 e. The molecule has 7 nitrogen and oxygen atoms in total. The van der Waals surface area contributed by atoms with Gasteiger partial charge in [-0.1, -0.05) is 0 Å². The Bertz CT molecular complexity index is 248. The molecule has 0 aromatic heterocycles. The van der Waals surface area contributed by atoms with Crippen LogP contribution in [0.4, 0.5) is 0 Å². The minimum absolute atomic E-state index is 0.00899. The number of methoxy groups -OCH3 is 2. The third-order valence-corrected chi connectivity index (χ3v) is 2.25. The normalized spacial score (nSPS) is 10.6. The van der Waals surface area contributed by atoms with Crippen molar-refractivity contribution in [2.75, 3.05) is 53.6 Å². The van der Waals surface area contributed by atoms with E-state index in [0.717, 1.165) is 0 Å². The number of hydrogen-bond donors (Lipinski definition) is 2. The highest BCUT2D eigenvalue weighted by molar-refractivity contribution is 5.78. The molecule has 0 heterocycles. The Morgan fingerprint density at radius 2 is 1.83 bits per heavy atom. The molecule has 0 radical (unpaired) electrons. The van der Waals surface area contributed by atoms with E-state index in [1.165, 1.54) is 0 Å². The summed E-state index contributed by atoms with van der Waals surface area (Å²) in [6.45, 7) is 2.40. The Morgan fingerprint density at radius 1 is 1.17 bits per heavy atom. The number of rotatable bonds is 11. The summed E-state index contributed by atoms with van der Waals surface area (Å²) in [5.74, 6) is -1.02. The van der Waals surface area contributed by atoms with Gasteiger partial charge >= 0.3 is 5.97 Å². The number of carboxylic acids is 1. The summed E-state index contributed by atoms with van der Waals surface area (Å²) in [5, 5.41) is 11.3. The van der Waals surface area contributed by atoms with Crippen LogP contribution < -0.4 is 5.32 Å². The predicted octanol–water partition coefficient (Wildman–Crippen LogP) is -0.828. The highest BCUT2D eigenvalue weighted by Gasteiger charge is 2.11. The maximum Gasteiger partial charge on any atom is 0.304 e. The van der Waals surface area contributed by atoms with Crippen LogP contribution in [0, 0.1) is 0 Å². The fraction of sp³-hybridized carbons (Fsp3) is 0.818. The average Bonchev–Trinajstić information content (AvgIpc) is 2.32. The maximum atomic E-state index is 11.5. The predicted molar refractivity (Wildman–Crippen MR) is 65.5 cm³/mol. The molecule has 0 aliphatic carbocycles. The van der Waals surface area contributed by atoms with Crippen LogP contribution in [0.1, 0.15) is 6.42 Å². The SMILES string of the molecule is COCCNC(=O)CN(CCOC)CCC(=O)O. The van der Waals surface area contributed by atoms with Gasteiger partial charge in [-0.2, -0.15) is 0 Å². The Hall–Kier alpha value is -1.18. The van der Waals surface area contributed by atoms with Crippen molar-refractivity contribution in [1.29, 1.82) is 0 Å². The zero-order chi connectivity index (χ0) is 13.8. The van der Waals surface area contributed by atoms with Crippen LogP contribution in [-0.2, 0) is 19.1 Å². The summed E-state index contributed by atoms with van der Waals surface area (Å²) in [7, 11) is 3.12. The van der Waals surface area contributed by atoms with Crippen molar-refractivity contribution >= 4 is 11.9 Å². The van der Waals surface area contributed by atoms with Crippen molar-refractivity contribution in [3.05, 3.63) is 0 Å². The topological polar surface area (TPSA) is 88.1 Å². The third kappa shape index (κ3) is 10.0. The first-order chi connectivity index (χ1) is 8.60.